The molecule has 0 aliphatic carbocycles. The number of anilines is 1. The Morgan fingerprint density at radius 3 is 2.65 bits per heavy atom. The zero-order chi connectivity index (χ0) is 25.8. The molecule has 0 unspecified atom stereocenters. The predicted octanol–water partition coefficient (Wildman–Crippen LogP) is 2.75. The summed E-state index contributed by atoms with van der Waals surface area (Å²) in [6, 6.07) is 11.3. The van der Waals surface area contributed by atoms with E-state index in [2.05, 4.69) is 37.1 Å². The number of fused-ring (bicyclic) bond motifs is 1. The smallest absolute Gasteiger partial charge is 0.257 e. The maximum Gasteiger partial charge on any atom is 0.257 e. The highest BCUT2D eigenvalue weighted by Crippen LogP contribution is 2.19. The first-order valence-electron chi connectivity index (χ1n) is 12.1. The van der Waals surface area contributed by atoms with Crippen molar-refractivity contribution >= 4 is 23.1 Å². The van der Waals surface area contributed by atoms with Crippen LogP contribution < -0.4 is 5.32 Å². The van der Waals surface area contributed by atoms with E-state index in [4.69, 9.17) is 0 Å². The monoisotopic (exact) mass is 493 g/mol. The average Bonchev–Trinajstić information content (AvgIpc) is 3.32. The number of amides is 2. The Bertz CT molecular complexity index is 1520. The SMILES string of the molecule is CC(=O)N1CCN(Cc2ccc(NC(=O)c3cncc(C#Cc4cnc5cccnn45)c3)cc2C)CC1. The van der Waals surface area contributed by atoms with Gasteiger partial charge in [-0.2, -0.15) is 5.10 Å². The number of imidazole rings is 1. The summed E-state index contributed by atoms with van der Waals surface area (Å²) in [4.78, 5) is 37.2. The number of nitrogens with one attached hydrogen (secondary N) is 1. The van der Waals surface area contributed by atoms with Crippen LogP contribution in [0.1, 0.15) is 39.7 Å². The molecule has 0 radical (unpaired) electrons. The molecule has 1 saturated heterocycles. The van der Waals surface area contributed by atoms with Gasteiger partial charge in [-0.1, -0.05) is 12.0 Å². The Morgan fingerprint density at radius 2 is 1.86 bits per heavy atom. The van der Waals surface area contributed by atoms with Crippen molar-refractivity contribution in [2.75, 3.05) is 31.5 Å². The molecule has 9 nitrogen and oxygen atoms in total. The predicted molar refractivity (Wildman–Crippen MR) is 140 cm³/mol. The third-order valence-corrected chi connectivity index (χ3v) is 6.43. The maximum atomic E-state index is 12.9. The number of hydrogen-bond donors (Lipinski definition) is 1. The first-order chi connectivity index (χ1) is 18.0. The van der Waals surface area contributed by atoms with Crippen molar-refractivity contribution in [3.05, 3.63) is 89.1 Å². The van der Waals surface area contributed by atoms with E-state index < -0.39 is 0 Å². The molecule has 0 spiro atoms. The summed E-state index contributed by atoms with van der Waals surface area (Å²) in [7, 11) is 0. The normalized spacial score (nSPS) is 13.7. The van der Waals surface area contributed by atoms with Gasteiger partial charge in [-0.15, -0.1) is 0 Å². The number of pyridine rings is 1. The molecule has 37 heavy (non-hydrogen) atoms. The minimum absolute atomic E-state index is 0.132. The largest absolute Gasteiger partial charge is 0.340 e. The van der Waals surface area contributed by atoms with Gasteiger partial charge in [0.05, 0.1) is 11.8 Å². The molecule has 2 amide bonds. The Morgan fingerprint density at radius 1 is 1.03 bits per heavy atom. The number of piperazine rings is 1. The van der Waals surface area contributed by atoms with Crippen molar-refractivity contribution in [1.29, 1.82) is 0 Å². The third kappa shape index (κ3) is 5.66. The molecule has 3 aromatic heterocycles. The number of benzene rings is 1. The first kappa shape index (κ1) is 24.2. The summed E-state index contributed by atoms with van der Waals surface area (Å²) in [6.07, 6.45) is 6.49. The molecule has 9 heteroatoms. The van der Waals surface area contributed by atoms with Gasteiger partial charge in [0.1, 0.15) is 5.69 Å². The van der Waals surface area contributed by atoms with Gasteiger partial charge in [-0.05, 0) is 54.3 Å². The number of rotatable bonds is 4. The molecule has 0 bridgehead atoms. The lowest BCUT2D eigenvalue weighted by Crippen LogP contribution is -2.47. The number of aromatic nitrogens is 4. The number of hydrogen-bond acceptors (Lipinski definition) is 6. The van der Waals surface area contributed by atoms with Crippen LogP contribution in [0.2, 0.25) is 0 Å². The average molecular weight is 494 g/mol. The third-order valence-electron chi connectivity index (χ3n) is 6.43. The van der Waals surface area contributed by atoms with Gasteiger partial charge in [-0.25, -0.2) is 9.50 Å². The van der Waals surface area contributed by atoms with E-state index in [1.807, 2.05) is 42.2 Å². The fourth-order valence-corrected chi connectivity index (χ4v) is 4.30. The first-order valence-corrected chi connectivity index (χ1v) is 12.1. The molecule has 1 aliphatic rings. The van der Waals surface area contributed by atoms with Crippen LogP contribution in [0, 0.1) is 18.8 Å². The second-order valence-corrected chi connectivity index (χ2v) is 9.03. The number of carbonyl (C=O) groups excluding carboxylic acids is 2. The van der Waals surface area contributed by atoms with Crippen LogP contribution in [0.4, 0.5) is 5.69 Å². The van der Waals surface area contributed by atoms with Crippen LogP contribution in [-0.4, -0.2) is 67.4 Å². The van der Waals surface area contributed by atoms with Crippen molar-refractivity contribution in [3.63, 3.8) is 0 Å². The number of aryl methyl sites for hydroxylation is 1. The van der Waals surface area contributed by atoms with E-state index in [9.17, 15) is 9.59 Å². The molecule has 5 rings (SSSR count). The quantitative estimate of drug-likeness (QED) is 0.439. The Labute approximate surface area is 215 Å². The lowest BCUT2D eigenvalue weighted by Gasteiger charge is -2.34. The van der Waals surface area contributed by atoms with Crippen molar-refractivity contribution < 1.29 is 9.59 Å². The van der Waals surface area contributed by atoms with E-state index in [0.717, 1.165) is 49.6 Å². The number of carbonyl (C=O) groups is 2. The summed E-state index contributed by atoms with van der Waals surface area (Å²) >= 11 is 0. The summed E-state index contributed by atoms with van der Waals surface area (Å²) in [5.74, 6) is 5.97. The van der Waals surface area contributed by atoms with E-state index in [0.29, 0.717) is 16.8 Å². The van der Waals surface area contributed by atoms with E-state index in [1.54, 1.807) is 36.1 Å². The van der Waals surface area contributed by atoms with Crippen LogP contribution in [0.15, 0.2) is 61.2 Å². The Balaban J connectivity index is 1.23. The Kier molecular flexibility index (Phi) is 6.92. The molecule has 1 aromatic carbocycles. The van der Waals surface area contributed by atoms with Crippen molar-refractivity contribution in [2.24, 2.45) is 0 Å². The van der Waals surface area contributed by atoms with Crippen molar-refractivity contribution in [1.82, 2.24) is 29.4 Å². The zero-order valence-corrected chi connectivity index (χ0v) is 20.8. The highest BCUT2D eigenvalue weighted by Gasteiger charge is 2.19. The second kappa shape index (κ2) is 10.6. The van der Waals surface area contributed by atoms with Gasteiger partial charge in [0.15, 0.2) is 5.65 Å². The summed E-state index contributed by atoms with van der Waals surface area (Å²) < 4.78 is 1.66. The van der Waals surface area contributed by atoms with Crippen LogP contribution in [0.25, 0.3) is 5.65 Å². The molecule has 0 atom stereocenters. The fourth-order valence-electron chi connectivity index (χ4n) is 4.30. The van der Waals surface area contributed by atoms with Gasteiger partial charge >= 0.3 is 0 Å². The summed E-state index contributed by atoms with van der Waals surface area (Å²) in [6.45, 7) is 7.72. The highest BCUT2D eigenvalue weighted by molar-refractivity contribution is 6.04. The van der Waals surface area contributed by atoms with Gasteiger partial charge in [0.2, 0.25) is 5.91 Å². The molecule has 186 valence electrons. The highest BCUT2D eigenvalue weighted by atomic mass is 16.2. The van der Waals surface area contributed by atoms with Gasteiger partial charge < -0.3 is 10.2 Å². The molecule has 1 N–H and O–H groups in total. The topological polar surface area (TPSA) is 95.7 Å². The second-order valence-electron chi connectivity index (χ2n) is 9.03. The minimum Gasteiger partial charge on any atom is -0.340 e. The zero-order valence-electron chi connectivity index (χ0n) is 20.8. The van der Waals surface area contributed by atoms with Crippen LogP contribution in [0.3, 0.4) is 0 Å². The fraction of sp³-hybridized carbons (Fsp3) is 0.250. The standard InChI is InChI=1S/C28H27N7O2/c1-20-14-25(7-6-23(20)19-33-10-12-34(13-11-33)21(2)36)32-28(37)24-15-22(16-29-17-24)5-8-26-18-30-27-4-3-9-31-35(26)27/h3-4,6-7,9,14-18H,10-13,19H2,1-2H3,(H,32,37). The maximum absolute atomic E-state index is 12.9. The van der Waals surface area contributed by atoms with Gasteiger partial charge in [0, 0.05) is 69.5 Å². The molecular weight excluding hydrogens is 466 g/mol. The Hall–Kier alpha value is -4.55. The van der Waals surface area contributed by atoms with E-state index in [-0.39, 0.29) is 11.8 Å². The summed E-state index contributed by atoms with van der Waals surface area (Å²) in [5, 5.41) is 7.22. The van der Waals surface area contributed by atoms with Crippen molar-refractivity contribution in [3.8, 4) is 11.8 Å². The lowest BCUT2D eigenvalue weighted by molar-refractivity contribution is -0.130. The molecule has 1 fully saturated rings. The van der Waals surface area contributed by atoms with Crippen molar-refractivity contribution in [2.45, 2.75) is 20.4 Å². The molecule has 4 heterocycles. The molecule has 1 aliphatic heterocycles. The lowest BCUT2D eigenvalue weighted by atomic mass is 10.1. The van der Waals surface area contributed by atoms with Crippen LogP contribution in [-0.2, 0) is 11.3 Å². The van der Waals surface area contributed by atoms with Crippen LogP contribution in [0.5, 0.6) is 0 Å². The number of nitrogens with zero attached hydrogens (tertiary/aromatic N) is 6. The molecule has 0 saturated carbocycles. The minimum atomic E-state index is -0.250. The van der Waals surface area contributed by atoms with E-state index >= 15 is 0 Å². The van der Waals surface area contributed by atoms with Gasteiger partial charge in [0.25, 0.3) is 5.91 Å². The summed E-state index contributed by atoms with van der Waals surface area (Å²) in [5.41, 5.74) is 5.45. The molecule has 4 aromatic rings. The molecular formula is C28H27N7O2. The van der Waals surface area contributed by atoms with Gasteiger partial charge in [-0.3, -0.25) is 19.5 Å². The van der Waals surface area contributed by atoms with E-state index in [1.165, 1.54) is 11.8 Å². The van der Waals surface area contributed by atoms with Crippen LogP contribution >= 0.6 is 0 Å².